The third-order valence-electron chi connectivity index (χ3n) is 7.61. The number of likely N-dealkylation sites (N-methyl/N-ethyl adjacent to an activating group) is 1. The van der Waals surface area contributed by atoms with Crippen molar-refractivity contribution in [3.63, 3.8) is 0 Å². The Morgan fingerprint density at radius 2 is 1.68 bits per heavy atom. The largest absolute Gasteiger partial charge is 0.369 e. The molecule has 4 N–H and O–H groups in total. The van der Waals surface area contributed by atoms with E-state index in [1.165, 1.54) is 17.0 Å². The molecule has 1 saturated carbocycles. The van der Waals surface area contributed by atoms with Gasteiger partial charge in [0.1, 0.15) is 9.88 Å². The summed E-state index contributed by atoms with van der Waals surface area (Å²) >= 11 is 1.25. The van der Waals surface area contributed by atoms with Crippen LogP contribution in [0, 0.1) is 11.8 Å². The number of aromatic nitrogens is 1. The SMILES string of the molecule is CC1CCC(C(=O)Nc2cccc(-c3nc(Nc4ccc(N5CCN(C)CC5)cc4)c(C(N)=O)s3)c2)CC1. The molecule has 1 aromatic heterocycles. The van der Waals surface area contributed by atoms with Crippen molar-refractivity contribution >= 4 is 46.0 Å². The van der Waals surface area contributed by atoms with E-state index in [1.54, 1.807) is 0 Å². The van der Waals surface area contributed by atoms with Gasteiger partial charge in [0.2, 0.25) is 5.91 Å². The number of primary amides is 1. The van der Waals surface area contributed by atoms with E-state index in [0.29, 0.717) is 21.6 Å². The number of amides is 2. The summed E-state index contributed by atoms with van der Waals surface area (Å²) in [7, 11) is 2.15. The molecule has 1 aliphatic carbocycles. The van der Waals surface area contributed by atoms with Gasteiger partial charge < -0.3 is 26.2 Å². The van der Waals surface area contributed by atoms with Gasteiger partial charge in [0.05, 0.1) is 0 Å². The van der Waals surface area contributed by atoms with Crippen molar-refractivity contribution in [2.75, 3.05) is 48.8 Å². The van der Waals surface area contributed by atoms with Crippen molar-refractivity contribution in [1.82, 2.24) is 9.88 Å². The average Bonchev–Trinajstić information content (AvgIpc) is 3.34. The highest BCUT2D eigenvalue weighted by atomic mass is 32.1. The molecule has 5 rings (SSSR count). The lowest BCUT2D eigenvalue weighted by molar-refractivity contribution is -0.121. The third kappa shape index (κ3) is 6.16. The summed E-state index contributed by atoms with van der Waals surface area (Å²) in [6, 6.07) is 15.8. The lowest BCUT2D eigenvalue weighted by Gasteiger charge is -2.34. The maximum absolute atomic E-state index is 12.8. The number of carbonyl (C=O) groups excluding carboxylic acids is 2. The molecule has 2 aromatic carbocycles. The molecule has 2 amide bonds. The summed E-state index contributed by atoms with van der Waals surface area (Å²) < 4.78 is 0. The first-order valence-corrected chi connectivity index (χ1v) is 14.2. The van der Waals surface area contributed by atoms with Gasteiger partial charge in [-0.3, -0.25) is 9.59 Å². The van der Waals surface area contributed by atoms with Crippen LogP contribution in [-0.2, 0) is 4.79 Å². The zero-order valence-corrected chi connectivity index (χ0v) is 22.9. The van der Waals surface area contributed by atoms with Crippen LogP contribution in [0.2, 0.25) is 0 Å². The van der Waals surface area contributed by atoms with Crippen LogP contribution in [0.1, 0.15) is 42.3 Å². The Kier molecular flexibility index (Phi) is 7.95. The zero-order valence-electron chi connectivity index (χ0n) is 22.1. The highest BCUT2D eigenvalue weighted by molar-refractivity contribution is 7.17. The fourth-order valence-electron chi connectivity index (χ4n) is 5.15. The number of nitrogens with one attached hydrogen (secondary N) is 2. The van der Waals surface area contributed by atoms with Gasteiger partial charge in [0, 0.05) is 54.7 Å². The second kappa shape index (κ2) is 11.5. The van der Waals surface area contributed by atoms with Crippen LogP contribution >= 0.6 is 11.3 Å². The maximum atomic E-state index is 12.8. The van der Waals surface area contributed by atoms with Gasteiger partial charge in [-0.25, -0.2) is 4.98 Å². The highest BCUT2D eigenvalue weighted by Crippen LogP contribution is 2.34. The first-order chi connectivity index (χ1) is 18.4. The van der Waals surface area contributed by atoms with Gasteiger partial charge in [0.15, 0.2) is 5.82 Å². The van der Waals surface area contributed by atoms with Crippen LogP contribution in [0.4, 0.5) is 22.9 Å². The second-order valence-electron chi connectivity index (χ2n) is 10.6. The van der Waals surface area contributed by atoms with Crippen LogP contribution in [0.5, 0.6) is 0 Å². The number of hydrogen-bond donors (Lipinski definition) is 3. The van der Waals surface area contributed by atoms with Crippen molar-refractivity contribution in [2.45, 2.75) is 32.6 Å². The molecule has 0 atom stereocenters. The van der Waals surface area contributed by atoms with Crippen LogP contribution in [0.25, 0.3) is 10.6 Å². The van der Waals surface area contributed by atoms with Crippen molar-refractivity contribution in [3.8, 4) is 10.6 Å². The molecule has 200 valence electrons. The van der Waals surface area contributed by atoms with Gasteiger partial charge in [-0.1, -0.05) is 19.1 Å². The normalized spacial score (nSPS) is 20.2. The van der Waals surface area contributed by atoms with Gasteiger partial charge in [0.25, 0.3) is 5.91 Å². The first-order valence-electron chi connectivity index (χ1n) is 13.4. The Balaban J connectivity index is 1.29. The Bertz CT molecular complexity index is 1270. The van der Waals surface area contributed by atoms with Crippen molar-refractivity contribution in [3.05, 3.63) is 53.4 Å². The summed E-state index contributed by atoms with van der Waals surface area (Å²) in [4.78, 5) is 34.8. The van der Waals surface area contributed by atoms with E-state index >= 15 is 0 Å². The van der Waals surface area contributed by atoms with Crippen molar-refractivity contribution < 1.29 is 9.59 Å². The van der Waals surface area contributed by atoms with Gasteiger partial charge in [-0.05, 0) is 75.0 Å². The predicted molar refractivity (Wildman–Crippen MR) is 155 cm³/mol. The molecule has 2 aliphatic rings. The summed E-state index contributed by atoms with van der Waals surface area (Å²) in [6.45, 7) is 6.36. The smallest absolute Gasteiger partial charge is 0.262 e. The molecular weight excluding hydrogens is 496 g/mol. The summed E-state index contributed by atoms with van der Waals surface area (Å²) in [5.74, 6) is 0.754. The van der Waals surface area contributed by atoms with E-state index in [0.717, 1.165) is 68.8 Å². The number of hydrogen-bond acceptors (Lipinski definition) is 7. The van der Waals surface area contributed by atoms with Crippen LogP contribution in [-0.4, -0.2) is 54.9 Å². The summed E-state index contributed by atoms with van der Waals surface area (Å²) in [5.41, 5.74) is 9.28. The molecule has 3 aromatic rings. The van der Waals surface area contributed by atoms with Gasteiger partial charge in [-0.15, -0.1) is 11.3 Å². The number of nitrogens with two attached hydrogens (primary N) is 1. The number of benzene rings is 2. The molecule has 0 unspecified atom stereocenters. The molecular formula is C29H36N6O2S. The highest BCUT2D eigenvalue weighted by Gasteiger charge is 2.24. The van der Waals surface area contributed by atoms with Gasteiger partial charge >= 0.3 is 0 Å². The predicted octanol–water partition coefficient (Wildman–Crippen LogP) is 5.17. The van der Waals surface area contributed by atoms with E-state index in [-0.39, 0.29) is 11.8 Å². The molecule has 8 nitrogen and oxygen atoms in total. The monoisotopic (exact) mass is 532 g/mol. The van der Waals surface area contributed by atoms with Crippen molar-refractivity contribution in [1.29, 1.82) is 0 Å². The lowest BCUT2D eigenvalue weighted by Crippen LogP contribution is -2.44. The molecule has 2 fully saturated rings. The minimum Gasteiger partial charge on any atom is -0.369 e. The van der Waals surface area contributed by atoms with Crippen LogP contribution in [0.3, 0.4) is 0 Å². The minimum atomic E-state index is -0.527. The third-order valence-corrected chi connectivity index (χ3v) is 8.73. The van der Waals surface area contributed by atoms with Crippen LogP contribution < -0.4 is 21.3 Å². The molecule has 0 spiro atoms. The number of rotatable bonds is 7. The fraction of sp³-hybridized carbons (Fsp3) is 0.414. The number of carbonyl (C=O) groups is 2. The van der Waals surface area contributed by atoms with E-state index in [4.69, 9.17) is 10.7 Å². The Morgan fingerprint density at radius 3 is 2.37 bits per heavy atom. The first kappa shape index (κ1) is 26.2. The quantitative estimate of drug-likeness (QED) is 0.388. The average molecular weight is 533 g/mol. The topological polar surface area (TPSA) is 104 Å². The molecule has 0 bridgehead atoms. The Morgan fingerprint density at radius 1 is 0.974 bits per heavy atom. The molecule has 2 heterocycles. The number of anilines is 4. The summed E-state index contributed by atoms with van der Waals surface area (Å²) in [5, 5.41) is 7.02. The molecule has 1 aliphatic heterocycles. The van der Waals surface area contributed by atoms with E-state index in [1.807, 2.05) is 36.4 Å². The molecule has 9 heteroatoms. The van der Waals surface area contributed by atoms with Gasteiger partial charge in [-0.2, -0.15) is 0 Å². The summed E-state index contributed by atoms with van der Waals surface area (Å²) in [6.07, 6.45) is 4.07. The van der Waals surface area contributed by atoms with E-state index in [9.17, 15) is 9.59 Å². The maximum Gasteiger partial charge on any atom is 0.262 e. The fourth-order valence-corrected chi connectivity index (χ4v) is 6.02. The second-order valence-corrected chi connectivity index (χ2v) is 11.5. The Hall–Kier alpha value is -3.43. The van der Waals surface area contributed by atoms with Crippen LogP contribution in [0.15, 0.2) is 48.5 Å². The molecule has 0 radical (unpaired) electrons. The number of nitrogens with zero attached hydrogens (tertiary/aromatic N) is 3. The zero-order chi connectivity index (χ0) is 26.6. The Labute approximate surface area is 228 Å². The van der Waals surface area contributed by atoms with E-state index < -0.39 is 5.91 Å². The molecule has 1 saturated heterocycles. The van der Waals surface area contributed by atoms with E-state index in [2.05, 4.69) is 46.5 Å². The standard InChI is InChI=1S/C29H36N6O2S/c1-19-6-8-20(9-7-19)28(37)32-23-5-3-4-21(18-23)29-33-27(25(38-29)26(30)36)31-22-10-12-24(13-11-22)35-16-14-34(2)15-17-35/h3-5,10-13,18-20,31H,6-9,14-17H2,1-2H3,(H2,30,36)(H,32,37). The minimum absolute atomic E-state index is 0.0645. The number of thiazole rings is 1. The van der Waals surface area contributed by atoms with Crippen molar-refractivity contribution in [2.24, 2.45) is 17.6 Å². The lowest BCUT2D eigenvalue weighted by atomic mass is 9.82. The molecule has 38 heavy (non-hydrogen) atoms. The number of piperazine rings is 1.